The first kappa shape index (κ1) is 12.5. The van der Waals surface area contributed by atoms with Crippen molar-refractivity contribution in [1.29, 1.82) is 0 Å². The van der Waals surface area contributed by atoms with Crippen molar-refractivity contribution in [3.8, 4) is 0 Å². The highest BCUT2D eigenvalue weighted by molar-refractivity contribution is 7.90. The Morgan fingerprint density at radius 2 is 2.06 bits per heavy atom. The molecule has 1 aromatic rings. The topological polar surface area (TPSA) is 84.5 Å². The average Bonchev–Trinajstić information content (AvgIpc) is 2.28. The molecule has 0 radical (unpaired) electrons. The minimum Gasteiger partial charge on any atom is -0.465 e. The van der Waals surface area contributed by atoms with Crippen molar-refractivity contribution >= 4 is 21.9 Å². The van der Waals surface area contributed by atoms with Gasteiger partial charge in [-0.3, -0.25) is 4.72 Å². The molecule has 0 saturated heterocycles. The second-order valence-electron chi connectivity index (χ2n) is 2.88. The van der Waals surface area contributed by atoms with Crippen molar-refractivity contribution in [2.75, 3.05) is 18.9 Å². The summed E-state index contributed by atoms with van der Waals surface area (Å²) in [5.74, 6) is -0.523. The van der Waals surface area contributed by atoms with E-state index < -0.39 is 16.2 Å². The van der Waals surface area contributed by atoms with Crippen LogP contribution in [-0.2, 0) is 14.9 Å². The molecule has 7 heteroatoms. The number of ether oxygens (including phenoxy) is 1. The molecule has 16 heavy (non-hydrogen) atoms. The molecule has 0 amide bonds. The van der Waals surface area contributed by atoms with Crippen LogP contribution in [0.1, 0.15) is 10.4 Å². The maximum atomic E-state index is 11.2. The van der Waals surface area contributed by atoms with Gasteiger partial charge in [0.25, 0.3) is 10.2 Å². The number of esters is 1. The SMILES string of the molecule is CNS(=O)(=O)Nc1cccc(C(=O)OC)c1. The van der Waals surface area contributed by atoms with Gasteiger partial charge < -0.3 is 4.74 Å². The first-order valence-corrected chi connectivity index (χ1v) is 5.86. The molecule has 0 aliphatic rings. The molecule has 88 valence electrons. The third-order valence-corrected chi connectivity index (χ3v) is 2.85. The number of hydrogen-bond acceptors (Lipinski definition) is 4. The van der Waals surface area contributed by atoms with Gasteiger partial charge >= 0.3 is 5.97 Å². The molecule has 0 unspecified atom stereocenters. The Morgan fingerprint density at radius 3 is 2.62 bits per heavy atom. The summed E-state index contributed by atoms with van der Waals surface area (Å²) in [5.41, 5.74) is 0.566. The first-order valence-electron chi connectivity index (χ1n) is 4.38. The summed E-state index contributed by atoms with van der Waals surface area (Å²) < 4.78 is 31.2. The van der Waals surface area contributed by atoms with Gasteiger partial charge in [-0.1, -0.05) is 6.07 Å². The lowest BCUT2D eigenvalue weighted by Crippen LogP contribution is -2.26. The zero-order valence-electron chi connectivity index (χ0n) is 8.85. The largest absolute Gasteiger partial charge is 0.465 e. The fraction of sp³-hybridized carbons (Fsp3) is 0.222. The molecule has 0 fully saturated rings. The van der Waals surface area contributed by atoms with E-state index in [0.717, 1.165) is 0 Å². The molecule has 0 aliphatic carbocycles. The molecular formula is C9H12N2O4S. The molecule has 6 nitrogen and oxygen atoms in total. The van der Waals surface area contributed by atoms with Crippen LogP contribution in [0.15, 0.2) is 24.3 Å². The van der Waals surface area contributed by atoms with Gasteiger partial charge in [0.15, 0.2) is 0 Å². The molecule has 0 bridgehead atoms. The van der Waals surface area contributed by atoms with E-state index in [2.05, 4.69) is 14.2 Å². The van der Waals surface area contributed by atoms with Crippen LogP contribution < -0.4 is 9.44 Å². The number of carbonyl (C=O) groups excluding carboxylic acids is 1. The quantitative estimate of drug-likeness (QED) is 0.748. The summed E-state index contributed by atoms with van der Waals surface area (Å²) in [6, 6.07) is 6.00. The predicted octanol–water partition coefficient (Wildman–Crippen LogP) is 0.349. The third kappa shape index (κ3) is 3.21. The normalized spacial score (nSPS) is 10.9. The van der Waals surface area contributed by atoms with Crippen molar-refractivity contribution in [1.82, 2.24) is 4.72 Å². The molecule has 0 saturated carbocycles. The summed E-state index contributed by atoms with van der Waals surface area (Å²) in [7, 11) is -1.03. The van der Waals surface area contributed by atoms with E-state index in [0.29, 0.717) is 0 Å². The van der Waals surface area contributed by atoms with Crippen molar-refractivity contribution in [3.05, 3.63) is 29.8 Å². The summed E-state index contributed by atoms with van der Waals surface area (Å²) in [4.78, 5) is 11.2. The van der Waals surface area contributed by atoms with Gasteiger partial charge in [-0.25, -0.2) is 9.52 Å². The highest BCUT2D eigenvalue weighted by Crippen LogP contribution is 2.12. The molecule has 0 atom stereocenters. The Labute approximate surface area is 93.8 Å². The number of methoxy groups -OCH3 is 1. The van der Waals surface area contributed by atoms with Crippen LogP contribution in [0.5, 0.6) is 0 Å². The van der Waals surface area contributed by atoms with Gasteiger partial charge in [-0.05, 0) is 18.2 Å². The van der Waals surface area contributed by atoms with Crippen LogP contribution in [-0.4, -0.2) is 28.5 Å². The Kier molecular flexibility index (Phi) is 3.86. The molecule has 0 aromatic heterocycles. The van der Waals surface area contributed by atoms with E-state index in [1.807, 2.05) is 0 Å². The van der Waals surface area contributed by atoms with Crippen LogP contribution in [0.4, 0.5) is 5.69 Å². The molecule has 0 heterocycles. The first-order chi connectivity index (χ1) is 7.48. The zero-order valence-corrected chi connectivity index (χ0v) is 9.67. The van der Waals surface area contributed by atoms with E-state index in [1.165, 1.54) is 32.4 Å². The fourth-order valence-electron chi connectivity index (χ4n) is 1.03. The van der Waals surface area contributed by atoms with E-state index in [1.54, 1.807) is 6.07 Å². The van der Waals surface area contributed by atoms with Gasteiger partial charge in [0.1, 0.15) is 0 Å². The van der Waals surface area contributed by atoms with Gasteiger partial charge in [0, 0.05) is 7.05 Å². The van der Waals surface area contributed by atoms with Crippen molar-refractivity contribution in [2.24, 2.45) is 0 Å². The van der Waals surface area contributed by atoms with Crippen LogP contribution >= 0.6 is 0 Å². The number of rotatable bonds is 4. The minimum absolute atomic E-state index is 0.277. The Morgan fingerprint density at radius 1 is 1.38 bits per heavy atom. The van der Waals surface area contributed by atoms with Crippen molar-refractivity contribution in [2.45, 2.75) is 0 Å². The maximum absolute atomic E-state index is 11.2. The minimum atomic E-state index is -3.57. The molecule has 1 rings (SSSR count). The van der Waals surface area contributed by atoms with E-state index in [9.17, 15) is 13.2 Å². The van der Waals surface area contributed by atoms with E-state index in [4.69, 9.17) is 0 Å². The van der Waals surface area contributed by atoms with Crippen molar-refractivity contribution < 1.29 is 17.9 Å². The molecule has 0 spiro atoms. The van der Waals surface area contributed by atoms with E-state index in [-0.39, 0.29) is 11.3 Å². The number of carbonyl (C=O) groups is 1. The van der Waals surface area contributed by atoms with Gasteiger partial charge in [-0.15, -0.1) is 0 Å². The molecule has 0 aliphatic heterocycles. The highest BCUT2D eigenvalue weighted by atomic mass is 32.2. The lowest BCUT2D eigenvalue weighted by Gasteiger charge is -2.07. The Bertz CT molecular complexity index is 484. The van der Waals surface area contributed by atoms with Crippen LogP contribution in [0.2, 0.25) is 0 Å². The van der Waals surface area contributed by atoms with Crippen LogP contribution in [0.25, 0.3) is 0 Å². The number of anilines is 1. The van der Waals surface area contributed by atoms with Crippen LogP contribution in [0.3, 0.4) is 0 Å². The smallest absolute Gasteiger partial charge is 0.337 e. The summed E-state index contributed by atoms with van der Waals surface area (Å²) in [6.45, 7) is 0. The van der Waals surface area contributed by atoms with Gasteiger partial charge in [-0.2, -0.15) is 8.42 Å². The number of hydrogen-bond donors (Lipinski definition) is 2. The third-order valence-electron chi connectivity index (χ3n) is 1.80. The lowest BCUT2D eigenvalue weighted by molar-refractivity contribution is 0.0601. The Balaban J connectivity index is 2.96. The second kappa shape index (κ2) is 4.95. The lowest BCUT2D eigenvalue weighted by atomic mass is 10.2. The van der Waals surface area contributed by atoms with Crippen molar-refractivity contribution in [3.63, 3.8) is 0 Å². The standard InChI is InChI=1S/C9H12N2O4S/c1-10-16(13,14)11-8-5-3-4-7(6-8)9(12)15-2/h3-6,10-11H,1-2H3. The van der Waals surface area contributed by atoms with Gasteiger partial charge in [0.2, 0.25) is 0 Å². The molecular weight excluding hydrogens is 232 g/mol. The van der Waals surface area contributed by atoms with E-state index >= 15 is 0 Å². The summed E-state index contributed by atoms with van der Waals surface area (Å²) in [5, 5.41) is 0. The van der Waals surface area contributed by atoms with Crippen LogP contribution in [0, 0.1) is 0 Å². The average molecular weight is 244 g/mol. The second-order valence-corrected chi connectivity index (χ2v) is 4.50. The number of benzene rings is 1. The zero-order chi connectivity index (χ0) is 12.2. The number of nitrogens with one attached hydrogen (secondary N) is 2. The van der Waals surface area contributed by atoms with Gasteiger partial charge in [0.05, 0.1) is 18.4 Å². The monoisotopic (exact) mass is 244 g/mol. The molecule has 1 aromatic carbocycles. The summed E-state index contributed by atoms with van der Waals surface area (Å²) >= 11 is 0. The fourth-order valence-corrected chi connectivity index (χ4v) is 1.57. The maximum Gasteiger partial charge on any atom is 0.337 e. The highest BCUT2D eigenvalue weighted by Gasteiger charge is 2.09. The summed E-state index contributed by atoms with van der Waals surface area (Å²) in [6.07, 6.45) is 0. The predicted molar refractivity (Wildman–Crippen MR) is 59.4 cm³/mol. The molecule has 2 N–H and O–H groups in total. The Hall–Kier alpha value is -1.60.